The molecule has 0 aromatic rings. The molecule has 2 saturated heterocycles. The number of hydrogen-bond donors (Lipinski definition) is 11. The number of esters is 2. The largest absolute Gasteiger partial charge is 0.470 e. The van der Waals surface area contributed by atoms with Crippen LogP contribution in [0.25, 0.3) is 0 Å². The van der Waals surface area contributed by atoms with Crippen molar-refractivity contribution in [2.24, 2.45) is 0 Å². The Kier molecular flexibility index (Phi) is 51.3. The number of amides is 4. The summed E-state index contributed by atoms with van der Waals surface area (Å²) in [5.41, 5.74) is -2.42. The lowest BCUT2D eigenvalue weighted by atomic mass is 9.80. The van der Waals surface area contributed by atoms with Gasteiger partial charge in [0.2, 0.25) is 23.6 Å². The number of aliphatic hydroxyl groups is 3. The fourth-order valence-corrected chi connectivity index (χ4v) is 13.5. The van der Waals surface area contributed by atoms with Crippen molar-refractivity contribution in [3.8, 4) is 0 Å². The quantitative estimate of drug-likeness (QED) is 0.0153. The van der Waals surface area contributed by atoms with Crippen molar-refractivity contribution in [1.29, 1.82) is 0 Å². The average molecular weight is 1440 g/mol. The van der Waals surface area contributed by atoms with Crippen LogP contribution >= 0.6 is 15.6 Å². The maximum atomic E-state index is 14.1. The SMILES string of the molecule is CCCCCCCCCCCCCC(=O)N[C@H]1[C@H](OC[C@H]2O[C@H](O)[C@](CCOP(=O)(O)O)(NC(=O)CCCCCCCCCCCCC)[C@@H](OC(=O)CNC(=O)CCCCCCCCCCC)[C@@H]2O)O[C@H](CO)[C@@H](OP(=O)(O)O)[C@@H]1OC(=O)CNC(=O)CCCCCCCCCCC. The summed E-state index contributed by atoms with van der Waals surface area (Å²) in [5, 5.41) is 45.8. The van der Waals surface area contributed by atoms with E-state index in [0.29, 0.717) is 38.5 Å². The van der Waals surface area contributed by atoms with Crippen molar-refractivity contribution in [1.82, 2.24) is 21.3 Å². The number of phosphoric acid groups is 2. The fraction of sp³-hybridized carbons (Fsp3) is 0.914. The first-order valence-electron chi connectivity index (χ1n) is 37.9. The van der Waals surface area contributed by atoms with Gasteiger partial charge in [-0.25, -0.2) is 9.13 Å². The van der Waals surface area contributed by atoms with E-state index >= 15 is 0 Å². The van der Waals surface area contributed by atoms with Gasteiger partial charge in [-0.3, -0.25) is 37.8 Å². The van der Waals surface area contributed by atoms with Crippen LogP contribution in [0.15, 0.2) is 0 Å². The van der Waals surface area contributed by atoms with Gasteiger partial charge in [0.1, 0.15) is 49.1 Å². The number of carbonyl (C=O) groups is 6. The summed E-state index contributed by atoms with van der Waals surface area (Å²) >= 11 is 0. The second-order valence-electron chi connectivity index (χ2n) is 27.0. The minimum absolute atomic E-state index is 0.0866. The molecule has 0 aromatic carbocycles. The lowest BCUT2D eigenvalue weighted by Gasteiger charge is -2.51. The van der Waals surface area contributed by atoms with Gasteiger partial charge in [0.15, 0.2) is 24.8 Å². The second kappa shape index (κ2) is 55.4. The van der Waals surface area contributed by atoms with Crippen LogP contribution in [0.5, 0.6) is 0 Å². The normalized spacial score (nSPS) is 21.9. The van der Waals surface area contributed by atoms with Crippen LogP contribution in [-0.2, 0) is 70.6 Å². The molecule has 2 fully saturated rings. The molecule has 0 aliphatic carbocycles. The number of ether oxygens (including phenoxy) is 5. The van der Waals surface area contributed by atoms with E-state index < -0.39 is 151 Å². The number of aliphatic hydroxyl groups excluding tert-OH is 3. The van der Waals surface area contributed by atoms with Gasteiger partial charge in [0, 0.05) is 32.1 Å². The highest BCUT2D eigenvalue weighted by Crippen LogP contribution is 2.43. The number of rotatable bonds is 62. The Labute approximate surface area is 586 Å². The van der Waals surface area contributed by atoms with E-state index in [1.54, 1.807) is 0 Å². The summed E-state index contributed by atoms with van der Waals surface area (Å²) in [6, 6.07) is -1.74. The molecule has 0 saturated carbocycles. The Hall–Kier alpha value is -3.20. The molecular formula is C70H132N4O22P2. The van der Waals surface area contributed by atoms with Gasteiger partial charge in [-0.15, -0.1) is 0 Å². The Morgan fingerprint density at radius 2 is 0.816 bits per heavy atom. The number of carbonyl (C=O) groups excluding carboxylic acids is 6. The molecule has 0 spiro atoms. The lowest BCUT2D eigenvalue weighted by molar-refractivity contribution is -0.312. The zero-order valence-corrected chi connectivity index (χ0v) is 62.0. The zero-order valence-electron chi connectivity index (χ0n) is 60.2. The van der Waals surface area contributed by atoms with Gasteiger partial charge >= 0.3 is 27.6 Å². The number of nitrogens with one attached hydrogen (secondary N) is 4. The molecule has 98 heavy (non-hydrogen) atoms. The van der Waals surface area contributed by atoms with Crippen LogP contribution in [0.2, 0.25) is 0 Å². The summed E-state index contributed by atoms with van der Waals surface area (Å²) in [6.45, 7) is 4.32. The predicted molar refractivity (Wildman–Crippen MR) is 373 cm³/mol. The molecular weight excluding hydrogens is 1310 g/mol. The number of hydrogen-bond acceptors (Lipinski definition) is 18. The van der Waals surface area contributed by atoms with Crippen molar-refractivity contribution in [3.63, 3.8) is 0 Å². The summed E-state index contributed by atoms with van der Waals surface area (Å²) in [7, 11) is -10.8. The third-order valence-corrected chi connectivity index (χ3v) is 19.4. The Bertz CT molecular complexity index is 2230. The maximum absolute atomic E-state index is 14.1. The Balaban J connectivity index is 2.55. The summed E-state index contributed by atoms with van der Waals surface area (Å²) < 4.78 is 64.7. The Morgan fingerprint density at radius 3 is 1.19 bits per heavy atom. The van der Waals surface area contributed by atoms with Gasteiger partial charge in [-0.1, -0.05) is 259 Å². The zero-order chi connectivity index (χ0) is 72.3. The lowest BCUT2D eigenvalue weighted by Crippen LogP contribution is -2.74. The molecule has 10 atom stereocenters. The van der Waals surface area contributed by atoms with E-state index in [1.165, 1.54) is 64.2 Å². The Morgan fingerprint density at radius 1 is 0.449 bits per heavy atom. The van der Waals surface area contributed by atoms with Crippen LogP contribution in [-0.4, -0.2) is 164 Å². The number of phosphoric ester groups is 2. The molecule has 4 amide bonds. The van der Waals surface area contributed by atoms with Crippen LogP contribution in [0.1, 0.15) is 317 Å². The summed E-state index contributed by atoms with van der Waals surface area (Å²) in [4.78, 5) is 122. The molecule has 2 heterocycles. The van der Waals surface area contributed by atoms with E-state index in [2.05, 4.69) is 49.0 Å². The van der Waals surface area contributed by atoms with E-state index in [9.17, 15) is 72.8 Å². The molecule has 0 unspecified atom stereocenters. The summed E-state index contributed by atoms with van der Waals surface area (Å²) in [5.74, 6) is -4.63. The topological polar surface area (TPSA) is 391 Å². The fourth-order valence-electron chi connectivity index (χ4n) is 12.6. The van der Waals surface area contributed by atoms with Gasteiger partial charge < -0.3 is 79.8 Å². The van der Waals surface area contributed by atoms with Crippen molar-refractivity contribution in [2.45, 2.75) is 377 Å². The molecule has 11 N–H and O–H groups in total. The van der Waals surface area contributed by atoms with Crippen molar-refractivity contribution in [2.75, 3.05) is 32.9 Å². The molecule has 26 nitrogen and oxygen atoms in total. The minimum Gasteiger partial charge on any atom is -0.456 e. The molecule has 0 bridgehead atoms. The minimum atomic E-state index is -5.53. The molecule has 2 aliphatic rings. The van der Waals surface area contributed by atoms with Gasteiger partial charge in [-0.05, 0) is 25.7 Å². The first-order valence-corrected chi connectivity index (χ1v) is 41.0. The molecule has 28 heteroatoms. The highest BCUT2D eigenvalue weighted by Gasteiger charge is 2.59. The molecule has 2 aliphatic heterocycles. The van der Waals surface area contributed by atoms with Gasteiger partial charge in [-0.2, -0.15) is 0 Å². The smallest absolute Gasteiger partial charge is 0.456 e. The van der Waals surface area contributed by atoms with Crippen molar-refractivity contribution < 1.29 is 106 Å². The number of unbranched alkanes of at least 4 members (excludes halogenated alkanes) is 36. The van der Waals surface area contributed by atoms with E-state index in [1.807, 2.05) is 0 Å². The first kappa shape index (κ1) is 90.9. The van der Waals surface area contributed by atoms with E-state index in [4.69, 9.17) is 32.7 Å². The standard InChI is InChI=1S/C70H132N4O22P2/c1-5-9-13-17-21-25-27-31-35-39-43-47-59(78)73-63-66(94-61(80)51-71-57(76)45-41-37-33-29-23-19-15-11-7-3)65(96-98(87,88)89)55(53-75)92-68(63)90-54-56-64(82)67(95-62(81)52-72-58(77)46-42-38-34-30-24-20-16-12-8-4)70(69(83)93-56,49-50-91-97(84,85)86)74-60(79)48-44-40-36-32-28-26-22-18-14-10-6-2/h55-56,63-69,75,82-83H,5-54H2,1-4H3,(H,71,76)(H,72,77)(H,73,78)(H,74,79)(H2,84,85,86)(H2,87,88,89)/t55-,56-,63-,64-,65-,66-,67+,68-,69+,70-/m1/s1. The first-order chi connectivity index (χ1) is 47.0. The third kappa shape index (κ3) is 42.4. The molecule has 2 rings (SSSR count). The van der Waals surface area contributed by atoms with Crippen LogP contribution in [0.4, 0.5) is 0 Å². The molecule has 0 aromatic heterocycles. The summed E-state index contributed by atoms with van der Waals surface area (Å²) in [6.07, 6.45) is 23.1. The van der Waals surface area contributed by atoms with Crippen LogP contribution in [0.3, 0.4) is 0 Å². The monoisotopic (exact) mass is 1440 g/mol. The van der Waals surface area contributed by atoms with E-state index in [-0.39, 0.29) is 25.7 Å². The highest BCUT2D eigenvalue weighted by molar-refractivity contribution is 7.46. The average Bonchev–Trinajstić information content (AvgIpc) is 0.766. The molecule has 0 radical (unpaired) electrons. The molecule has 574 valence electrons. The van der Waals surface area contributed by atoms with Gasteiger partial charge in [0.05, 0.1) is 19.8 Å². The second-order valence-corrected chi connectivity index (χ2v) is 29.5. The highest BCUT2D eigenvalue weighted by atomic mass is 31.2. The van der Waals surface area contributed by atoms with Crippen molar-refractivity contribution >= 4 is 51.2 Å². The predicted octanol–water partition coefficient (Wildman–Crippen LogP) is 11.4. The van der Waals surface area contributed by atoms with Crippen molar-refractivity contribution in [3.05, 3.63) is 0 Å². The van der Waals surface area contributed by atoms with Gasteiger partial charge in [0.25, 0.3) is 0 Å². The third-order valence-electron chi connectivity index (χ3n) is 18.3. The maximum Gasteiger partial charge on any atom is 0.470 e. The van der Waals surface area contributed by atoms with E-state index in [0.717, 1.165) is 154 Å². The van der Waals surface area contributed by atoms with Crippen LogP contribution < -0.4 is 21.3 Å². The van der Waals surface area contributed by atoms with Crippen LogP contribution in [0, 0.1) is 0 Å².